The minimum absolute atomic E-state index is 0.125. The molecular formula is C15H30O6. The highest BCUT2D eigenvalue weighted by Gasteiger charge is 2.06. The van der Waals surface area contributed by atoms with Crippen LogP contribution in [-0.4, -0.2) is 78.8 Å². The molecule has 1 atom stereocenters. The zero-order valence-corrected chi connectivity index (χ0v) is 13.2. The molecule has 1 heterocycles. The SMILES string of the molecule is CCC1COCCOCCCOCCOCCOCCO1. The average Bonchev–Trinajstić information content (AvgIpc) is 2.51. The summed E-state index contributed by atoms with van der Waals surface area (Å²) in [7, 11) is 0. The van der Waals surface area contributed by atoms with E-state index in [1.807, 2.05) is 0 Å². The topological polar surface area (TPSA) is 55.4 Å². The van der Waals surface area contributed by atoms with Crippen molar-refractivity contribution < 1.29 is 28.4 Å². The van der Waals surface area contributed by atoms with E-state index in [1.54, 1.807) is 0 Å². The van der Waals surface area contributed by atoms with Crippen molar-refractivity contribution in [2.24, 2.45) is 0 Å². The van der Waals surface area contributed by atoms with Gasteiger partial charge in [0.2, 0.25) is 0 Å². The quantitative estimate of drug-likeness (QED) is 0.727. The zero-order chi connectivity index (χ0) is 15.0. The minimum atomic E-state index is 0.125. The molecule has 0 aromatic heterocycles. The van der Waals surface area contributed by atoms with E-state index in [-0.39, 0.29) is 6.10 Å². The van der Waals surface area contributed by atoms with Crippen LogP contribution in [0.1, 0.15) is 19.8 Å². The lowest BCUT2D eigenvalue weighted by Crippen LogP contribution is -2.22. The maximum Gasteiger partial charge on any atom is 0.0807 e. The second kappa shape index (κ2) is 14.7. The lowest BCUT2D eigenvalue weighted by atomic mass is 10.3. The first-order valence-electron chi connectivity index (χ1n) is 7.93. The highest BCUT2D eigenvalue weighted by atomic mass is 16.6. The molecule has 1 rings (SSSR count). The minimum Gasteiger partial charge on any atom is -0.379 e. The monoisotopic (exact) mass is 306 g/mol. The van der Waals surface area contributed by atoms with Gasteiger partial charge in [-0.3, -0.25) is 0 Å². The van der Waals surface area contributed by atoms with Crippen LogP contribution in [0.3, 0.4) is 0 Å². The Morgan fingerprint density at radius 1 is 0.619 bits per heavy atom. The van der Waals surface area contributed by atoms with Gasteiger partial charge >= 0.3 is 0 Å². The molecule has 0 bridgehead atoms. The van der Waals surface area contributed by atoms with Gasteiger partial charge in [-0.25, -0.2) is 0 Å². The van der Waals surface area contributed by atoms with Crippen LogP contribution in [0.4, 0.5) is 0 Å². The van der Waals surface area contributed by atoms with Crippen molar-refractivity contribution in [3.8, 4) is 0 Å². The van der Waals surface area contributed by atoms with Crippen molar-refractivity contribution in [3.63, 3.8) is 0 Å². The zero-order valence-electron chi connectivity index (χ0n) is 13.2. The molecule has 0 radical (unpaired) electrons. The molecule has 0 spiro atoms. The van der Waals surface area contributed by atoms with Crippen molar-refractivity contribution in [2.75, 3.05) is 72.7 Å². The largest absolute Gasteiger partial charge is 0.379 e. The molecule has 0 aliphatic carbocycles. The van der Waals surface area contributed by atoms with Crippen LogP contribution in [0.15, 0.2) is 0 Å². The Labute approximate surface area is 128 Å². The maximum absolute atomic E-state index is 5.71. The summed E-state index contributed by atoms with van der Waals surface area (Å²) in [6, 6.07) is 0. The van der Waals surface area contributed by atoms with Crippen molar-refractivity contribution in [2.45, 2.75) is 25.9 Å². The number of hydrogen-bond donors (Lipinski definition) is 0. The van der Waals surface area contributed by atoms with Crippen LogP contribution in [0.5, 0.6) is 0 Å². The van der Waals surface area contributed by atoms with Crippen molar-refractivity contribution >= 4 is 0 Å². The number of hydrogen-bond acceptors (Lipinski definition) is 6. The first kappa shape index (κ1) is 18.8. The van der Waals surface area contributed by atoms with E-state index >= 15 is 0 Å². The van der Waals surface area contributed by atoms with Crippen molar-refractivity contribution in [1.29, 1.82) is 0 Å². The van der Waals surface area contributed by atoms with E-state index in [2.05, 4.69) is 6.92 Å². The molecule has 6 heteroatoms. The predicted molar refractivity (Wildman–Crippen MR) is 78.7 cm³/mol. The van der Waals surface area contributed by atoms with Gasteiger partial charge in [0.05, 0.1) is 65.6 Å². The van der Waals surface area contributed by atoms with Crippen LogP contribution < -0.4 is 0 Å². The molecule has 0 saturated carbocycles. The fourth-order valence-corrected chi connectivity index (χ4v) is 1.80. The first-order chi connectivity index (χ1) is 10.4. The highest BCUT2D eigenvalue weighted by Crippen LogP contribution is 1.99. The first-order valence-corrected chi connectivity index (χ1v) is 7.93. The summed E-state index contributed by atoms with van der Waals surface area (Å²) in [6.45, 7) is 8.88. The third kappa shape index (κ3) is 12.0. The summed E-state index contributed by atoms with van der Waals surface area (Å²) >= 11 is 0. The van der Waals surface area contributed by atoms with Crippen LogP contribution >= 0.6 is 0 Å². The lowest BCUT2D eigenvalue weighted by molar-refractivity contribution is -0.0521. The maximum atomic E-state index is 5.71. The summed E-state index contributed by atoms with van der Waals surface area (Å²) in [5, 5.41) is 0. The third-order valence-corrected chi connectivity index (χ3v) is 3.03. The van der Waals surface area contributed by atoms with E-state index in [0.717, 1.165) is 12.8 Å². The Bertz CT molecular complexity index is 194. The number of ether oxygens (including phenoxy) is 6. The summed E-state index contributed by atoms with van der Waals surface area (Å²) in [4.78, 5) is 0. The Balaban J connectivity index is 2.14. The Kier molecular flexibility index (Phi) is 13.2. The van der Waals surface area contributed by atoms with Gasteiger partial charge in [-0.2, -0.15) is 0 Å². The van der Waals surface area contributed by atoms with Gasteiger partial charge < -0.3 is 28.4 Å². The fourth-order valence-electron chi connectivity index (χ4n) is 1.80. The summed E-state index contributed by atoms with van der Waals surface area (Å²) < 4.78 is 33.0. The van der Waals surface area contributed by atoms with Gasteiger partial charge in [0, 0.05) is 13.2 Å². The fraction of sp³-hybridized carbons (Fsp3) is 1.00. The second-order valence-corrected chi connectivity index (χ2v) is 4.78. The van der Waals surface area contributed by atoms with Crippen LogP contribution in [0.25, 0.3) is 0 Å². The molecule has 1 aliphatic heterocycles. The molecule has 1 aliphatic rings. The molecule has 126 valence electrons. The van der Waals surface area contributed by atoms with Gasteiger partial charge in [-0.05, 0) is 12.8 Å². The summed E-state index contributed by atoms with van der Waals surface area (Å²) in [5.41, 5.74) is 0. The second-order valence-electron chi connectivity index (χ2n) is 4.78. The van der Waals surface area contributed by atoms with E-state index in [1.165, 1.54) is 0 Å². The molecule has 1 fully saturated rings. The van der Waals surface area contributed by atoms with Crippen molar-refractivity contribution in [1.82, 2.24) is 0 Å². The van der Waals surface area contributed by atoms with Crippen molar-refractivity contribution in [3.05, 3.63) is 0 Å². The van der Waals surface area contributed by atoms with E-state index in [9.17, 15) is 0 Å². The summed E-state index contributed by atoms with van der Waals surface area (Å²) in [5.74, 6) is 0. The molecule has 0 amide bonds. The summed E-state index contributed by atoms with van der Waals surface area (Å²) in [6.07, 6.45) is 1.95. The number of rotatable bonds is 1. The van der Waals surface area contributed by atoms with E-state index < -0.39 is 0 Å². The van der Waals surface area contributed by atoms with Gasteiger partial charge in [-0.1, -0.05) is 6.92 Å². The Hall–Kier alpha value is -0.240. The molecular weight excluding hydrogens is 276 g/mol. The lowest BCUT2D eigenvalue weighted by Gasteiger charge is -2.16. The predicted octanol–water partition coefficient (Wildman–Crippen LogP) is 1.27. The molecule has 21 heavy (non-hydrogen) atoms. The van der Waals surface area contributed by atoms with Gasteiger partial charge in [0.1, 0.15) is 0 Å². The Morgan fingerprint density at radius 2 is 1.10 bits per heavy atom. The molecule has 0 aromatic rings. The average molecular weight is 306 g/mol. The Morgan fingerprint density at radius 3 is 1.67 bits per heavy atom. The molecule has 0 N–H and O–H groups in total. The van der Waals surface area contributed by atoms with Gasteiger partial charge in [-0.15, -0.1) is 0 Å². The molecule has 6 nitrogen and oxygen atoms in total. The smallest absolute Gasteiger partial charge is 0.0807 e. The van der Waals surface area contributed by atoms with Crippen LogP contribution in [-0.2, 0) is 28.4 Å². The molecule has 1 unspecified atom stereocenters. The normalized spacial score (nSPS) is 26.4. The molecule has 0 aromatic carbocycles. The third-order valence-electron chi connectivity index (χ3n) is 3.03. The standard InChI is InChI=1S/C15H30O6/c1-2-15-14-20-11-10-17-5-3-4-16-6-7-18-8-9-19-12-13-21-15/h15H,2-14H2,1H3. The highest BCUT2D eigenvalue weighted by molar-refractivity contribution is 4.53. The van der Waals surface area contributed by atoms with Crippen LogP contribution in [0.2, 0.25) is 0 Å². The van der Waals surface area contributed by atoms with Crippen LogP contribution in [0, 0.1) is 0 Å². The van der Waals surface area contributed by atoms with Gasteiger partial charge in [0.15, 0.2) is 0 Å². The van der Waals surface area contributed by atoms with E-state index in [4.69, 9.17) is 28.4 Å². The molecule has 1 saturated heterocycles. The van der Waals surface area contributed by atoms with Gasteiger partial charge in [0.25, 0.3) is 0 Å². The van der Waals surface area contributed by atoms with E-state index in [0.29, 0.717) is 72.7 Å².